The van der Waals surface area contributed by atoms with Gasteiger partial charge in [-0.1, -0.05) is 36.3 Å². The lowest BCUT2D eigenvalue weighted by Crippen LogP contribution is -2.41. The topological polar surface area (TPSA) is 131 Å². The van der Waals surface area contributed by atoms with Crippen molar-refractivity contribution in [1.29, 1.82) is 0 Å². The van der Waals surface area contributed by atoms with E-state index in [2.05, 4.69) is 10.5 Å². The van der Waals surface area contributed by atoms with Crippen molar-refractivity contribution < 1.29 is 15.1 Å². The fourth-order valence-electron chi connectivity index (χ4n) is 3.37. The molecular weight excluding hydrogens is 352 g/mol. The van der Waals surface area contributed by atoms with E-state index in [1.807, 2.05) is 6.92 Å². The van der Waals surface area contributed by atoms with Crippen LogP contribution in [-0.4, -0.2) is 20.8 Å². The highest BCUT2D eigenvalue weighted by molar-refractivity contribution is 5.88. The second-order valence-electron chi connectivity index (χ2n) is 6.48. The summed E-state index contributed by atoms with van der Waals surface area (Å²) in [7, 11) is 0. The van der Waals surface area contributed by atoms with E-state index in [1.165, 1.54) is 24.3 Å². The highest BCUT2D eigenvalue weighted by Crippen LogP contribution is 2.36. The number of oxime groups is 1. The van der Waals surface area contributed by atoms with Crippen LogP contribution in [0.1, 0.15) is 36.6 Å². The Hall–Kier alpha value is -3.33. The first-order valence-corrected chi connectivity index (χ1v) is 8.36. The Balaban J connectivity index is 1.89. The third-order valence-electron chi connectivity index (χ3n) is 4.92. The highest BCUT2D eigenvalue weighted by Gasteiger charge is 2.34. The van der Waals surface area contributed by atoms with Gasteiger partial charge in [0.05, 0.1) is 15.6 Å². The van der Waals surface area contributed by atoms with Crippen molar-refractivity contribution in [1.82, 2.24) is 5.32 Å². The van der Waals surface area contributed by atoms with Crippen molar-refractivity contribution in [2.24, 2.45) is 11.1 Å². The summed E-state index contributed by atoms with van der Waals surface area (Å²) >= 11 is 0. The summed E-state index contributed by atoms with van der Waals surface area (Å²) in [5.41, 5.74) is 2.28. The van der Waals surface area contributed by atoms with Crippen LogP contribution in [0.25, 0.3) is 0 Å². The molecule has 0 radical (unpaired) electrons. The van der Waals surface area contributed by atoms with Gasteiger partial charge in [0, 0.05) is 48.7 Å². The minimum absolute atomic E-state index is 0.00480. The zero-order valence-electron chi connectivity index (χ0n) is 14.5. The van der Waals surface area contributed by atoms with E-state index >= 15 is 0 Å². The molecule has 1 aliphatic rings. The molecular formula is C18H18N4O5. The van der Waals surface area contributed by atoms with Crippen LogP contribution in [0, 0.1) is 26.1 Å². The predicted octanol–water partition coefficient (Wildman–Crippen LogP) is 3.75. The van der Waals surface area contributed by atoms with Gasteiger partial charge in [0.2, 0.25) is 0 Å². The van der Waals surface area contributed by atoms with Gasteiger partial charge in [-0.25, -0.2) is 0 Å². The van der Waals surface area contributed by atoms with Crippen molar-refractivity contribution in [2.45, 2.75) is 25.4 Å². The molecule has 0 bridgehead atoms. The molecule has 0 amide bonds. The predicted molar refractivity (Wildman–Crippen MR) is 97.8 cm³/mol. The molecule has 1 aliphatic heterocycles. The molecule has 2 aromatic carbocycles. The molecule has 9 nitrogen and oxygen atoms in total. The van der Waals surface area contributed by atoms with Crippen LogP contribution in [0.3, 0.4) is 0 Å². The van der Waals surface area contributed by atoms with Crippen LogP contribution < -0.4 is 5.32 Å². The van der Waals surface area contributed by atoms with E-state index in [0.29, 0.717) is 12.1 Å². The SMILES string of the molecule is CC1/C(=N\O)CC(c2ccc([N+](=O)[O-])cc2)NC1c1ccc([N+](=O)[O-])cc1. The maximum atomic E-state index is 10.9. The normalized spacial score (nSPS) is 23.9. The Morgan fingerprint density at radius 1 is 0.963 bits per heavy atom. The molecule has 3 rings (SSSR count). The Kier molecular flexibility index (Phi) is 5.13. The molecule has 2 aromatic rings. The van der Waals surface area contributed by atoms with Crippen LogP contribution in [0.15, 0.2) is 53.7 Å². The first-order chi connectivity index (χ1) is 12.9. The van der Waals surface area contributed by atoms with Crippen LogP contribution in [0.4, 0.5) is 11.4 Å². The second kappa shape index (κ2) is 7.50. The van der Waals surface area contributed by atoms with Gasteiger partial charge in [-0.3, -0.25) is 20.2 Å². The van der Waals surface area contributed by atoms with Gasteiger partial charge in [0.15, 0.2) is 0 Å². The second-order valence-corrected chi connectivity index (χ2v) is 6.48. The van der Waals surface area contributed by atoms with Gasteiger partial charge < -0.3 is 10.5 Å². The van der Waals surface area contributed by atoms with Crippen molar-refractivity contribution in [3.8, 4) is 0 Å². The maximum absolute atomic E-state index is 10.9. The van der Waals surface area contributed by atoms with Crippen molar-refractivity contribution >= 4 is 17.1 Å². The number of nitro groups is 2. The third kappa shape index (κ3) is 3.77. The molecule has 3 atom stereocenters. The van der Waals surface area contributed by atoms with Crippen molar-refractivity contribution in [3.05, 3.63) is 79.9 Å². The van der Waals surface area contributed by atoms with E-state index < -0.39 is 9.85 Å². The molecule has 2 N–H and O–H groups in total. The fraction of sp³-hybridized carbons (Fsp3) is 0.278. The molecule has 140 valence electrons. The van der Waals surface area contributed by atoms with E-state index in [1.54, 1.807) is 24.3 Å². The zero-order chi connectivity index (χ0) is 19.6. The summed E-state index contributed by atoms with van der Waals surface area (Å²) in [6.45, 7) is 1.92. The van der Waals surface area contributed by atoms with E-state index in [9.17, 15) is 25.4 Å². The van der Waals surface area contributed by atoms with Crippen LogP contribution >= 0.6 is 0 Å². The fourth-order valence-corrected chi connectivity index (χ4v) is 3.37. The monoisotopic (exact) mass is 370 g/mol. The van der Waals surface area contributed by atoms with Gasteiger partial charge >= 0.3 is 0 Å². The number of nitrogens with zero attached hydrogens (tertiary/aromatic N) is 3. The quantitative estimate of drug-likeness (QED) is 0.479. The minimum atomic E-state index is -0.458. The molecule has 27 heavy (non-hydrogen) atoms. The van der Waals surface area contributed by atoms with Gasteiger partial charge in [-0.2, -0.15) is 0 Å². The number of benzene rings is 2. The smallest absolute Gasteiger partial charge is 0.269 e. The Morgan fingerprint density at radius 3 is 1.89 bits per heavy atom. The highest BCUT2D eigenvalue weighted by atomic mass is 16.6. The minimum Gasteiger partial charge on any atom is -0.411 e. The first-order valence-electron chi connectivity index (χ1n) is 8.36. The third-order valence-corrected chi connectivity index (χ3v) is 4.92. The average molecular weight is 370 g/mol. The number of nitrogens with one attached hydrogen (secondary N) is 1. The number of hydrogen-bond acceptors (Lipinski definition) is 7. The molecule has 9 heteroatoms. The molecule has 0 spiro atoms. The van der Waals surface area contributed by atoms with Crippen molar-refractivity contribution in [2.75, 3.05) is 0 Å². The summed E-state index contributed by atoms with van der Waals surface area (Å²) in [6.07, 6.45) is 0.457. The molecule has 1 fully saturated rings. The molecule has 1 saturated heterocycles. The standard InChI is InChI=1S/C18H18N4O5/c1-11-16(20-23)10-17(12-2-6-14(7-3-12)21(24)25)19-18(11)13-4-8-15(9-5-13)22(26)27/h2-9,11,17-19,23H,10H2,1H3/b20-16-. The molecule has 0 saturated carbocycles. The number of piperidine rings is 1. The maximum Gasteiger partial charge on any atom is 0.269 e. The summed E-state index contributed by atoms with van der Waals surface area (Å²) in [6, 6.07) is 12.0. The number of rotatable bonds is 4. The summed E-state index contributed by atoms with van der Waals surface area (Å²) in [4.78, 5) is 20.8. The molecule has 1 heterocycles. The summed E-state index contributed by atoms with van der Waals surface area (Å²) in [5.74, 6) is -0.120. The summed E-state index contributed by atoms with van der Waals surface area (Å²) in [5, 5.41) is 38.0. The van der Waals surface area contributed by atoms with E-state index in [0.717, 1.165) is 11.1 Å². The van der Waals surface area contributed by atoms with Gasteiger partial charge in [0.25, 0.3) is 11.4 Å². The average Bonchev–Trinajstić information content (AvgIpc) is 2.68. The first kappa shape index (κ1) is 18.5. The van der Waals surface area contributed by atoms with Gasteiger partial charge in [0.1, 0.15) is 0 Å². The lowest BCUT2D eigenvalue weighted by molar-refractivity contribution is -0.385. The lowest BCUT2D eigenvalue weighted by atomic mass is 9.81. The number of nitro benzene ring substituents is 2. The Bertz CT molecular complexity index is 880. The lowest BCUT2D eigenvalue weighted by Gasteiger charge is -2.37. The number of hydrogen-bond donors (Lipinski definition) is 2. The molecule has 3 unspecified atom stereocenters. The largest absolute Gasteiger partial charge is 0.411 e. The van der Waals surface area contributed by atoms with Crippen molar-refractivity contribution in [3.63, 3.8) is 0 Å². The van der Waals surface area contributed by atoms with E-state index in [4.69, 9.17) is 0 Å². The zero-order valence-corrected chi connectivity index (χ0v) is 14.5. The van der Waals surface area contributed by atoms with E-state index in [-0.39, 0.29) is 29.4 Å². The molecule has 0 aromatic heterocycles. The van der Waals surface area contributed by atoms with Gasteiger partial charge in [-0.15, -0.1) is 0 Å². The molecule has 0 aliphatic carbocycles. The number of non-ortho nitro benzene ring substituents is 2. The Morgan fingerprint density at radius 2 is 1.44 bits per heavy atom. The van der Waals surface area contributed by atoms with Gasteiger partial charge in [-0.05, 0) is 11.1 Å². The Labute approximate surface area is 154 Å². The summed E-state index contributed by atoms with van der Waals surface area (Å²) < 4.78 is 0. The van der Waals surface area contributed by atoms with Crippen LogP contribution in [-0.2, 0) is 0 Å². The van der Waals surface area contributed by atoms with Crippen LogP contribution in [0.5, 0.6) is 0 Å². The van der Waals surface area contributed by atoms with Crippen LogP contribution in [0.2, 0.25) is 0 Å².